The van der Waals surface area contributed by atoms with Gasteiger partial charge in [-0.25, -0.2) is 0 Å². The SMILES string of the molecule is CNC(=O)CC12CCCN1CC2. The first-order valence-electron chi connectivity index (χ1n) is 4.72. The van der Waals surface area contributed by atoms with Crippen LogP contribution in [0, 0.1) is 0 Å². The van der Waals surface area contributed by atoms with Crippen molar-refractivity contribution in [3.63, 3.8) is 0 Å². The number of hydrogen-bond donors (Lipinski definition) is 1. The van der Waals surface area contributed by atoms with Crippen LogP contribution in [0.2, 0.25) is 0 Å². The van der Waals surface area contributed by atoms with E-state index in [4.69, 9.17) is 0 Å². The smallest absolute Gasteiger partial charge is 0.221 e. The molecule has 0 saturated carbocycles. The second kappa shape index (κ2) is 2.73. The van der Waals surface area contributed by atoms with Crippen LogP contribution < -0.4 is 5.32 Å². The molecule has 3 nitrogen and oxygen atoms in total. The highest BCUT2D eigenvalue weighted by molar-refractivity contribution is 5.77. The number of nitrogens with one attached hydrogen (secondary N) is 1. The lowest BCUT2D eigenvalue weighted by atomic mass is 9.82. The van der Waals surface area contributed by atoms with Gasteiger partial charge in [-0.15, -0.1) is 0 Å². The van der Waals surface area contributed by atoms with Gasteiger partial charge in [-0.1, -0.05) is 0 Å². The van der Waals surface area contributed by atoms with Gasteiger partial charge in [-0.2, -0.15) is 0 Å². The Hall–Kier alpha value is -0.570. The fraction of sp³-hybridized carbons (Fsp3) is 0.889. The van der Waals surface area contributed by atoms with Gasteiger partial charge in [0, 0.05) is 25.6 Å². The summed E-state index contributed by atoms with van der Waals surface area (Å²) >= 11 is 0. The third-order valence-electron chi connectivity index (χ3n) is 3.36. The van der Waals surface area contributed by atoms with Crippen LogP contribution in [-0.2, 0) is 4.79 Å². The van der Waals surface area contributed by atoms with E-state index in [2.05, 4.69) is 10.2 Å². The van der Waals surface area contributed by atoms with Crippen molar-refractivity contribution >= 4 is 5.91 Å². The van der Waals surface area contributed by atoms with Crippen LogP contribution in [0.1, 0.15) is 25.7 Å². The summed E-state index contributed by atoms with van der Waals surface area (Å²) in [6.45, 7) is 2.41. The van der Waals surface area contributed by atoms with Crippen molar-refractivity contribution in [2.45, 2.75) is 31.2 Å². The summed E-state index contributed by atoms with van der Waals surface area (Å²) in [4.78, 5) is 13.7. The predicted molar refractivity (Wildman–Crippen MR) is 46.8 cm³/mol. The molecular formula is C9H16N2O. The molecule has 2 rings (SSSR count). The van der Waals surface area contributed by atoms with Gasteiger partial charge in [-0.3, -0.25) is 9.69 Å². The molecule has 3 heteroatoms. The average molecular weight is 168 g/mol. The van der Waals surface area contributed by atoms with Crippen molar-refractivity contribution in [1.82, 2.24) is 10.2 Å². The molecule has 1 amide bonds. The molecule has 0 aromatic rings. The predicted octanol–water partition coefficient (Wildman–Crippen LogP) is 0.361. The van der Waals surface area contributed by atoms with E-state index in [9.17, 15) is 4.79 Å². The molecule has 2 aliphatic heterocycles. The van der Waals surface area contributed by atoms with E-state index < -0.39 is 0 Å². The molecule has 0 aliphatic carbocycles. The molecule has 2 saturated heterocycles. The Morgan fingerprint density at radius 3 is 2.83 bits per heavy atom. The molecule has 1 atom stereocenters. The Morgan fingerprint density at radius 1 is 1.50 bits per heavy atom. The number of rotatable bonds is 2. The zero-order valence-corrected chi connectivity index (χ0v) is 7.60. The molecule has 0 aromatic carbocycles. The number of hydrogen-bond acceptors (Lipinski definition) is 2. The monoisotopic (exact) mass is 168 g/mol. The van der Waals surface area contributed by atoms with Crippen LogP contribution in [0.3, 0.4) is 0 Å². The van der Waals surface area contributed by atoms with E-state index in [0.29, 0.717) is 6.42 Å². The fourth-order valence-corrected chi connectivity index (χ4v) is 2.49. The van der Waals surface area contributed by atoms with Crippen LogP contribution in [0.15, 0.2) is 0 Å². The standard InChI is InChI=1S/C9H16N2O/c1-10-8(12)7-9-3-2-5-11(9)6-4-9/h2-7H2,1H3,(H,10,12). The maximum absolute atomic E-state index is 11.2. The Balaban J connectivity index is 1.97. The van der Waals surface area contributed by atoms with Crippen molar-refractivity contribution in [2.75, 3.05) is 20.1 Å². The van der Waals surface area contributed by atoms with E-state index in [1.165, 1.54) is 32.4 Å². The molecule has 1 N–H and O–H groups in total. The molecule has 0 radical (unpaired) electrons. The van der Waals surface area contributed by atoms with E-state index in [1.807, 2.05) is 0 Å². The summed E-state index contributed by atoms with van der Waals surface area (Å²) in [6, 6.07) is 0. The number of amides is 1. The van der Waals surface area contributed by atoms with Crippen molar-refractivity contribution in [3.8, 4) is 0 Å². The minimum atomic E-state index is 0.196. The molecule has 1 unspecified atom stereocenters. The van der Waals surface area contributed by atoms with E-state index >= 15 is 0 Å². The Kier molecular flexibility index (Phi) is 1.83. The minimum Gasteiger partial charge on any atom is -0.359 e. The number of carbonyl (C=O) groups is 1. The topological polar surface area (TPSA) is 32.3 Å². The summed E-state index contributed by atoms with van der Waals surface area (Å²) in [5.74, 6) is 0.196. The van der Waals surface area contributed by atoms with Gasteiger partial charge in [0.25, 0.3) is 0 Å². The first-order chi connectivity index (χ1) is 5.77. The lowest BCUT2D eigenvalue weighted by molar-refractivity contribution is -0.125. The third kappa shape index (κ3) is 1.04. The van der Waals surface area contributed by atoms with Gasteiger partial charge < -0.3 is 5.32 Å². The van der Waals surface area contributed by atoms with Gasteiger partial charge in [-0.05, 0) is 25.8 Å². The molecular weight excluding hydrogens is 152 g/mol. The molecule has 2 fully saturated rings. The quantitative estimate of drug-likeness (QED) is 0.645. The largest absolute Gasteiger partial charge is 0.359 e. The van der Waals surface area contributed by atoms with Gasteiger partial charge in [0.2, 0.25) is 5.91 Å². The summed E-state index contributed by atoms with van der Waals surface area (Å²) < 4.78 is 0. The highest BCUT2D eigenvalue weighted by Crippen LogP contribution is 2.42. The molecule has 2 aliphatic rings. The maximum atomic E-state index is 11.2. The second-order valence-corrected chi connectivity index (χ2v) is 3.91. The molecule has 2 heterocycles. The van der Waals surface area contributed by atoms with Gasteiger partial charge in [0.1, 0.15) is 0 Å². The first-order valence-corrected chi connectivity index (χ1v) is 4.72. The van der Waals surface area contributed by atoms with Crippen LogP contribution in [0.5, 0.6) is 0 Å². The van der Waals surface area contributed by atoms with Crippen LogP contribution >= 0.6 is 0 Å². The normalized spacial score (nSPS) is 34.1. The Labute approximate surface area is 73.1 Å². The van der Waals surface area contributed by atoms with Crippen LogP contribution in [0.25, 0.3) is 0 Å². The number of fused-ring (bicyclic) bond motifs is 1. The summed E-state index contributed by atoms with van der Waals surface area (Å²) in [5, 5.41) is 2.71. The summed E-state index contributed by atoms with van der Waals surface area (Å²) in [7, 11) is 1.72. The van der Waals surface area contributed by atoms with Crippen molar-refractivity contribution in [1.29, 1.82) is 0 Å². The van der Waals surface area contributed by atoms with Gasteiger partial charge in [0.05, 0.1) is 0 Å². The summed E-state index contributed by atoms with van der Waals surface area (Å²) in [5.41, 5.74) is 0.278. The van der Waals surface area contributed by atoms with Gasteiger partial charge >= 0.3 is 0 Å². The van der Waals surface area contributed by atoms with E-state index in [0.717, 1.165) is 0 Å². The fourth-order valence-electron chi connectivity index (χ4n) is 2.49. The second-order valence-electron chi connectivity index (χ2n) is 3.91. The van der Waals surface area contributed by atoms with Crippen LogP contribution in [0.4, 0.5) is 0 Å². The van der Waals surface area contributed by atoms with E-state index in [1.54, 1.807) is 7.05 Å². The molecule has 0 spiro atoms. The zero-order valence-electron chi connectivity index (χ0n) is 7.60. The lowest BCUT2D eigenvalue weighted by Crippen LogP contribution is -2.57. The average Bonchev–Trinajstić information content (AvgIpc) is 2.31. The van der Waals surface area contributed by atoms with Crippen molar-refractivity contribution in [2.24, 2.45) is 0 Å². The lowest BCUT2D eigenvalue weighted by Gasteiger charge is -2.48. The first kappa shape index (κ1) is 8.05. The number of nitrogens with zero attached hydrogens (tertiary/aromatic N) is 1. The van der Waals surface area contributed by atoms with E-state index in [-0.39, 0.29) is 11.4 Å². The molecule has 0 aromatic heterocycles. The van der Waals surface area contributed by atoms with Crippen molar-refractivity contribution in [3.05, 3.63) is 0 Å². The highest BCUT2D eigenvalue weighted by atomic mass is 16.1. The maximum Gasteiger partial charge on any atom is 0.221 e. The van der Waals surface area contributed by atoms with Gasteiger partial charge in [0.15, 0.2) is 0 Å². The Bertz CT molecular complexity index is 205. The highest BCUT2D eigenvalue weighted by Gasteiger charge is 2.48. The zero-order chi connectivity index (χ0) is 8.60. The number of carbonyl (C=O) groups excluding carboxylic acids is 1. The van der Waals surface area contributed by atoms with Crippen LogP contribution in [-0.4, -0.2) is 36.5 Å². The minimum absolute atomic E-state index is 0.196. The molecule has 12 heavy (non-hydrogen) atoms. The molecule has 0 bridgehead atoms. The summed E-state index contributed by atoms with van der Waals surface area (Å²) in [6.07, 6.45) is 4.43. The Morgan fingerprint density at radius 2 is 2.33 bits per heavy atom. The molecule has 68 valence electrons. The van der Waals surface area contributed by atoms with Crippen molar-refractivity contribution < 1.29 is 4.79 Å². The third-order valence-corrected chi connectivity index (χ3v) is 3.36.